The summed E-state index contributed by atoms with van der Waals surface area (Å²) in [4.78, 5) is 42.2. The highest BCUT2D eigenvalue weighted by molar-refractivity contribution is 5.94. The third-order valence-electron chi connectivity index (χ3n) is 7.11. The van der Waals surface area contributed by atoms with Crippen LogP contribution in [0, 0.1) is 16.0 Å². The molecule has 0 bridgehead atoms. The summed E-state index contributed by atoms with van der Waals surface area (Å²) in [5.41, 5.74) is 1.62. The molecule has 2 saturated heterocycles. The van der Waals surface area contributed by atoms with Gasteiger partial charge in [-0.05, 0) is 56.5 Å². The van der Waals surface area contributed by atoms with Crippen LogP contribution in [0.5, 0.6) is 0 Å². The third kappa shape index (κ3) is 5.62. The Balaban J connectivity index is 1.22. The Morgan fingerprint density at radius 1 is 0.941 bits per heavy atom. The van der Waals surface area contributed by atoms with E-state index < -0.39 is 4.92 Å². The molecule has 4 rings (SSSR count). The van der Waals surface area contributed by atoms with E-state index in [0.717, 1.165) is 44.3 Å². The predicted octanol–water partition coefficient (Wildman–Crippen LogP) is 3.57. The Morgan fingerprint density at radius 2 is 1.56 bits per heavy atom. The van der Waals surface area contributed by atoms with Gasteiger partial charge in [0.25, 0.3) is 11.6 Å². The summed E-state index contributed by atoms with van der Waals surface area (Å²) in [6.07, 6.45) is 3.57. The Morgan fingerprint density at radius 3 is 2.15 bits per heavy atom. The van der Waals surface area contributed by atoms with Gasteiger partial charge in [0.1, 0.15) is 0 Å². The second-order valence-corrected chi connectivity index (χ2v) is 9.32. The van der Waals surface area contributed by atoms with Crippen LogP contribution in [-0.2, 0) is 11.3 Å². The largest absolute Gasteiger partial charge is 0.341 e. The van der Waals surface area contributed by atoms with Crippen LogP contribution < -0.4 is 0 Å². The minimum Gasteiger partial charge on any atom is -0.341 e. The first-order chi connectivity index (χ1) is 16.4. The van der Waals surface area contributed by atoms with E-state index in [0.29, 0.717) is 31.2 Å². The SMILES string of the molecule is CN(Cc1ccccc1)C(=O)C1CCN(C2CCN(C(=O)c3ccc([N+](=O)[O-])cc3)CC2)CC1. The molecule has 2 aromatic rings. The Hall–Kier alpha value is -3.26. The van der Waals surface area contributed by atoms with Gasteiger partial charge in [0.15, 0.2) is 0 Å². The fourth-order valence-corrected chi connectivity index (χ4v) is 5.10. The average Bonchev–Trinajstić information content (AvgIpc) is 2.88. The lowest BCUT2D eigenvalue weighted by Gasteiger charge is -2.42. The van der Waals surface area contributed by atoms with Gasteiger partial charge < -0.3 is 14.7 Å². The van der Waals surface area contributed by atoms with Gasteiger partial charge in [0.2, 0.25) is 5.91 Å². The minimum atomic E-state index is -0.461. The van der Waals surface area contributed by atoms with Crippen molar-refractivity contribution in [2.45, 2.75) is 38.3 Å². The van der Waals surface area contributed by atoms with Crippen molar-refractivity contribution in [3.05, 3.63) is 75.8 Å². The summed E-state index contributed by atoms with van der Waals surface area (Å²) in [7, 11) is 1.89. The molecule has 0 atom stereocenters. The number of carbonyl (C=O) groups excluding carboxylic acids is 2. The lowest BCUT2D eigenvalue weighted by atomic mass is 9.92. The van der Waals surface area contributed by atoms with E-state index in [4.69, 9.17) is 0 Å². The number of carbonyl (C=O) groups is 2. The molecular formula is C26H32N4O4. The molecule has 2 amide bonds. The van der Waals surface area contributed by atoms with Crippen LogP contribution in [0.25, 0.3) is 0 Å². The number of nitrogens with zero attached hydrogens (tertiary/aromatic N) is 4. The maximum Gasteiger partial charge on any atom is 0.269 e. The van der Waals surface area contributed by atoms with E-state index in [-0.39, 0.29) is 23.4 Å². The molecule has 0 unspecified atom stereocenters. The number of piperidine rings is 2. The van der Waals surface area contributed by atoms with Crippen molar-refractivity contribution in [2.75, 3.05) is 33.2 Å². The fraction of sp³-hybridized carbons (Fsp3) is 0.462. The topological polar surface area (TPSA) is 87.0 Å². The first-order valence-corrected chi connectivity index (χ1v) is 12.0. The molecule has 2 heterocycles. The fourth-order valence-electron chi connectivity index (χ4n) is 5.10. The number of likely N-dealkylation sites (tertiary alicyclic amines) is 2. The van der Waals surface area contributed by atoms with Gasteiger partial charge >= 0.3 is 0 Å². The first kappa shape index (κ1) is 23.9. The summed E-state index contributed by atoms with van der Waals surface area (Å²) >= 11 is 0. The van der Waals surface area contributed by atoms with E-state index in [1.165, 1.54) is 24.3 Å². The van der Waals surface area contributed by atoms with Crippen molar-refractivity contribution < 1.29 is 14.5 Å². The van der Waals surface area contributed by atoms with Crippen molar-refractivity contribution in [1.82, 2.24) is 14.7 Å². The zero-order chi connectivity index (χ0) is 24.1. The Bertz CT molecular complexity index is 995. The van der Waals surface area contributed by atoms with Crippen LogP contribution in [0.1, 0.15) is 41.6 Å². The molecule has 2 aliphatic heterocycles. The van der Waals surface area contributed by atoms with Gasteiger partial charge in [-0.1, -0.05) is 30.3 Å². The molecule has 0 N–H and O–H groups in total. The Labute approximate surface area is 200 Å². The van der Waals surface area contributed by atoms with E-state index in [9.17, 15) is 19.7 Å². The summed E-state index contributed by atoms with van der Waals surface area (Å²) in [6.45, 7) is 3.83. The highest BCUT2D eigenvalue weighted by Gasteiger charge is 2.32. The van der Waals surface area contributed by atoms with E-state index in [2.05, 4.69) is 4.90 Å². The van der Waals surface area contributed by atoms with Gasteiger partial charge in [-0.25, -0.2) is 0 Å². The van der Waals surface area contributed by atoms with Crippen LogP contribution in [0.2, 0.25) is 0 Å². The highest BCUT2D eigenvalue weighted by Crippen LogP contribution is 2.26. The molecule has 0 radical (unpaired) electrons. The number of nitro groups is 1. The normalized spacial score (nSPS) is 18.0. The zero-order valence-electron chi connectivity index (χ0n) is 19.6. The molecule has 0 saturated carbocycles. The van der Waals surface area contributed by atoms with Gasteiger partial charge in [-0.15, -0.1) is 0 Å². The van der Waals surface area contributed by atoms with Crippen LogP contribution in [0.4, 0.5) is 5.69 Å². The van der Waals surface area contributed by atoms with E-state index >= 15 is 0 Å². The number of non-ortho nitro benzene ring substituents is 1. The maximum absolute atomic E-state index is 12.9. The van der Waals surface area contributed by atoms with Gasteiger partial charge in [-0.3, -0.25) is 19.7 Å². The van der Waals surface area contributed by atoms with E-state index in [1.807, 2.05) is 47.2 Å². The van der Waals surface area contributed by atoms with Crippen LogP contribution in [-0.4, -0.2) is 70.7 Å². The Kier molecular flexibility index (Phi) is 7.57. The molecule has 8 heteroatoms. The van der Waals surface area contributed by atoms with E-state index in [1.54, 1.807) is 0 Å². The lowest BCUT2D eigenvalue weighted by Crippen LogP contribution is -2.50. The number of hydrogen-bond acceptors (Lipinski definition) is 5. The van der Waals surface area contributed by atoms with Crippen molar-refractivity contribution in [2.24, 2.45) is 5.92 Å². The van der Waals surface area contributed by atoms with Crippen molar-refractivity contribution in [3.8, 4) is 0 Å². The van der Waals surface area contributed by atoms with Crippen molar-refractivity contribution in [1.29, 1.82) is 0 Å². The lowest BCUT2D eigenvalue weighted by molar-refractivity contribution is -0.384. The molecule has 0 spiro atoms. The van der Waals surface area contributed by atoms with Crippen LogP contribution in [0.3, 0.4) is 0 Å². The molecule has 34 heavy (non-hydrogen) atoms. The first-order valence-electron chi connectivity index (χ1n) is 12.0. The van der Waals surface area contributed by atoms with Crippen molar-refractivity contribution >= 4 is 17.5 Å². The van der Waals surface area contributed by atoms with Gasteiger partial charge in [-0.2, -0.15) is 0 Å². The number of hydrogen-bond donors (Lipinski definition) is 0. The summed E-state index contributed by atoms with van der Waals surface area (Å²) in [6, 6.07) is 16.3. The molecule has 8 nitrogen and oxygen atoms in total. The molecule has 2 aliphatic rings. The molecule has 180 valence electrons. The summed E-state index contributed by atoms with van der Waals surface area (Å²) in [5.74, 6) is 0.236. The molecule has 2 aromatic carbocycles. The predicted molar refractivity (Wildman–Crippen MR) is 129 cm³/mol. The second kappa shape index (κ2) is 10.8. The molecule has 0 aliphatic carbocycles. The van der Waals surface area contributed by atoms with Gasteiger partial charge in [0, 0.05) is 56.3 Å². The second-order valence-electron chi connectivity index (χ2n) is 9.32. The molecule has 2 fully saturated rings. The van der Waals surface area contributed by atoms with Crippen molar-refractivity contribution in [3.63, 3.8) is 0 Å². The maximum atomic E-state index is 12.9. The summed E-state index contributed by atoms with van der Waals surface area (Å²) < 4.78 is 0. The summed E-state index contributed by atoms with van der Waals surface area (Å²) in [5, 5.41) is 10.8. The number of benzene rings is 2. The monoisotopic (exact) mass is 464 g/mol. The molecule has 0 aromatic heterocycles. The quantitative estimate of drug-likeness (QED) is 0.482. The number of rotatable bonds is 6. The standard InChI is InChI=1S/C26H32N4O4/c1-27(19-20-5-3-2-4-6-20)25(31)22-11-15-28(16-12-22)23-13-17-29(18-14-23)26(32)21-7-9-24(10-8-21)30(33)34/h2-10,22-23H,11-19H2,1H3. The molecular weight excluding hydrogens is 432 g/mol. The van der Waals surface area contributed by atoms with Crippen LogP contribution in [0.15, 0.2) is 54.6 Å². The third-order valence-corrected chi connectivity index (χ3v) is 7.11. The number of nitro benzene ring substituents is 1. The van der Waals surface area contributed by atoms with Crippen LogP contribution >= 0.6 is 0 Å². The van der Waals surface area contributed by atoms with Gasteiger partial charge in [0.05, 0.1) is 4.92 Å². The average molecular weight is 465 g/mol. The smallest absolute Gasteiger partial charge is 0.269 e. The number of amides is 2. The highest BCUT2D eigenvalue weighted by atomic mass is 16.6. The minimum absolute atomic E-state index is 0.0107. The zero-order valence-corrected chi connectivity index (χ0v) is 19.6.